The first-order valence-electron chi connectivity index (χ1n) is 8.83. The molecule has 23 heavy (non-hydrogen) atoms. The molecule has 0 spiro atoms. The normalized spacial score (nSPS) is 28.5. The van der Waals surface area contributed by atoms with Gasteiger partial charge in [-0.25, -0.2) is 5.43 Å². The molecule has 3 N–H and O–H groups in total. The molecule has 0 aromatic rings. The number of rotatable bonds is 5. The van der Waals surface area contributed by atoms with Crippen molar-refractivity contribution < 1.29 is 9.59 Å². The minimum Gasteiger partial charge on any atom is -0.354 e. The van der Waals surface area contributed by atoms with Gasteiger partial charge in [0.05, 0.1) is 24.1 Å². The van der Waals surface area contributed by atoms with Gasteiger partial charge in [-0.05, 0) is 45.3 Å². The summed E-state index contributed by atoms with van der Waals surface area (Å²) < 4.78 is 0. The number of carbonyl (C=O) groups excluding carboxylic acids is 2. The first-order chi connectivity index (χ1) is 11.2. The van der Waals surface area contributed by atoms with Crippen molar-refractivity contribution in [1.82, 2.24) is 21.0 Å². The fraction of sp³-hybridized carbons (Fsp3) is 0.812. The number of fused-ring (bicyclic) bond motifs is 1. The van der Waals surface area contributed by atoms with Crippen LogP contribution in [0.25, 0.3) is 0 Å². The molecule has 0 aromatic heterocycles. The van der Waals surface area contributed by atoms with Crippen LogP contribution in [0.15, 0.2) is 5.10 Å². The highest BCUT2D eigenvalue weighted by Gasteiger charge is 2.37. The lowest BCUT2D eigenvalue weighted by Gasteiger charge is -2.34. The van der Waals surface area contributed by atoms with Gasteiger partial charge in [0.25, 0.3) is 0 Å². The number of piperidine rings is 2. The maximum atomic E-state index is 12.2. The van der Waals surface area contributed by atoms with E-state index in [0.717, 1.165) is 44.7 Å². The lowest BCUT2D eigenvalue weighted by Crippen LogP contribution is -2.56. The molecule has 7 heteroatoms. The molecule has 0 aromatic carbocycles. The number of likely N-dealkylation sites (tertiary alicyclic amines) is 1. The Bertz CT molecular complexity index is 473. The first-order valence-corrected chi connectivity index (χ1v) is 8.83. The summed E-state index contributed by atoms with van der Waals surface area (Å²) in [4.78, 5) is 26.4. The van der Waals surface area contributed by atoms with Gasteiger partial charge in [0.15, 0.2) is 0 Å². The Morgan fingerprint density at radius 3 is 2.91 bits per heavy atom. The first kappa shape index (κ1) is 16.4. The van der Waals surface area contributed by atoms with Crippen molar-refractivity contribution in [2.75, 3.05) is 32.7 Å². The summed E-state index contributed by atoms with van der Waals surface area (Å²) in [6.07, 6.45) is 5.96. The maximum Gasteiger partial charge on any atom is 0.245 e. The third-order valence-corrected chi connectivity index (χ3v) is 5.00. The van der Waals surface area contributed by atoms with E-state index in [1.54, 1.807) is 0 Å². The zero-order chi connectivity index (χ0) is 16.1. The minimum absolute atomic E-state index is 0.0111. The van der Waals surface area contributed by atoms with Crippen molar-refractivity contribution in [1.29, 1.82) is 0 Å². The van der Waals surface area contributed by atoms with E-state index in [1.807, 2.05) is 0 Å². The quantitative estimate of drug-likeness (QED) is 0.656. The van der Waals surface area contributed by atoms with E-state index in [-0.39, 0.29) is 30.2 Å². The SMILES string of the molecule is O=C(CC1=NNC(=O)C2CCCNC12)NCCN1CCCCC1. The molecular formula is C16H27N5O2. The highest BCUT2D eigenvalue weighted by Crippen LogP contribution is 2.21. The summed E-state index contributed by atoms with van der Waals surface area (Å²) >= 11 is 0. The minimum atomic E-state index is -0.0857. The Labute approximate surface area is 137 Å². The molecule has 0 saturated carbocycles. The van der Waals surface area contributed by atoms with Gasteiger partial charge < -0.3 is 15.5 Å². The van der Waals surface area contributed by atoms with E-state index < -0.39 is 0 Å². The Morgan fingerprint density at radius 2 is 2.09 bits per heavy atom. The van der Waals surface area contributed by atoms with Crippen molar-refractivity contribution in [3.05, 3.63) is 0 Å². The zero-order valence-corrected chi connectivity index (χ0v) is 13.6. The summed E-state index contributed by atoms with van der Waals surface area (Å²) in [6.45, 7) is 4.76. The van der Waals surface area contributed by atoms with Gasteiger partial charge in [-0.3, -0.25) is 9.59 Å². The van der Waals surface area contributed by atoms with E-state index in [2.05, 4.69) is 26.1 Å². The predicted molar refractivity (Wildman–Crippen MR) is 88.0 cm³/mol. The standard InChI is InChI=1S/C16H27N5O2/c22-14(17-7-10-21-8-2-1-3-9-21)11-13-15-12(5-4-6-18-15)16(23)20-19-13/h12,15,18H,1-11H2,(H,17,22)(H,20,23). The second-order valence-corrected chi connectivity index (χ2v) is 6.69. The van der Waals surface area contributed by atoms with Crippen LogP contribution in [-0.2, 0) is 9.59 Å². The fourth-order valence-electron chi connectivity index (χ4n) is 3.71. The second kappa shape index (κ2) is 7.88. The van der Waals surface area contributed by atoms with Crippen molar-refractivity contribution in [2.24, 2.45) is 11.0 Å². The molecule has 3 heterocycles. The van der Waals surface area contributed by atoms with Crippen LogP contribution in [0.4, 0.5) is 0 Å². The monoisotopic (exact) mass is 321 g/mol. The fourth-order valence-corrected chi connectivity index (χ4v) is 3.71. The van der Waals surface area contributed by atoms with E-state index in [9.17, 15) is 9.59 Å². The second-order valence-electron chi connectivity index (χ2n) is 6.69. The number of hydrogen-bond acceptors (Lipinski definition) is 5. The zero-order valence-electron chi connectivity index (χ0n) is 13.6. The predicted octanol–water partition coefficient (Wildman–Crippen LogP) is -0.167. The van der Waals surface area contributed by atoms with Gasteiger partial charge in [0, 0.05) is 13.1 Å². The van der Waals surface area contributed by atoms with E-state index in [1.165, 1.54) is 19.3 Å². The molecule has 3 aliphatic heterocycles. The Balaban J connectivity index is 1.44. The van der Waals surface area contributed by atoms with Crippen molar-refractivity contribution >= 4 is 17.5 Å². The molecule has 2 amide bonds. The van der Waals surface area contributed by atoms with E-state index >= 15 is 0 Å². The molecule has 2 unspecified atom stereocenters. The van der Waals surface area contributed by atoms with Gasteiger partial charge in [0.1, 0.15) is 0 Å². The molecule has 3 aliphatic rings. The Hall–Kier alpha value is -1.47. The molecule has 3 rings (SSSR count). The number of carbonyl (C=O) groups is 2. The number of hydrogen-bond donors (Lipinski definition) is 3. The summed E-state index contributed by atoms with van der Waals surface area (Å²) in [6, 6.07) is -0.0784. The van der Waals surface area contributed by atoms with Crippen LogP contribution in [0.3, 0.4) is 0 Å². The van der Waals surface area contributed by atoms with Gasteiger partial charge in [-0.2, -0.15) is 5.10 Å². The third kappa shape index (κ3) is 4.29. The molecule has 0 aliphatic carbocycles. The van der Waals surface area contributed by atoms with Crippen LogP contribution >= 0.6 is 0 Å². The van der Waals surface area contributed by atoms with E-state index in [0.29, 0.717) is 6.54 Å². The number of hydrazone groups is 1. The summed E-state index contributed by atoms with van der Waals surface area (Å²) in [5.41, 5.74) is 3.32. The molecule has 128 valence electrons. The molecular weight excluding hydrogens is 294 g/mol. The van der Waals surface area contributed by atoms with Crippen molar-refractivity contribution in [2.45, 2.75) is 44.6 Å². The van der Waals surface area contributed by atoms with Crippen molar-refractivity contribution in [3.8, 4) is 0 Å². The van der Waals surface area contributed by atoms with Gasteiger partial charge in [0.2, 0.25) is 11.8 Å². The largest absolute Gasteiger partial charge is 0.354 e. The highest BCUT2D eigenvalue weighted by atomic mass is 16.2. The molecule has 0 radical (unpaired) electrons. The van der Waals surface area contributed by atoms with Crippen molar-refractivity contribution in [3.63, 3.8) is 0 Å². The molecule has 7 nitrogen and oxygen atoms in total. The smallest absolute Gasteiger partial charge is 0.245 e. The molecule has 2 fully saturated rings. The molecule has 2 atom stereocenters. The van der Waals surface area contributed by atoms with Crippen LogP contribution in [0.1, 0.15) is 38.5 Å². The Kier molecular flexibility index (Phi) is 5.61. The maximum absolute atomic E-state index is 12.2. The average Bonchev–Trinajstić information content (AvgIpc) is 2.59. The van der Waals surface area contributed by atoms with Crippen LogP contribution in [0.2, 0.25) is 0 Å². The van der Waals surface area contributed by atoms with Gasteiger partial charge in [-0.1, -0.05) is 6.42 Å². The van der Waals surface area contributed by atoms with Gasteiger partial charge in [-0.15, -0.1) is 0 Å². The van der Waals surface area contributed by atoms with E-state index in [4.69, 9.17) is 0 Å². The summed E-state index contributed by atoms with van der Waals surface area (Å²) in [5.74, 6) is -0.128. The molecule has 2 saturated heterocycles. The molecule has 0 bridgehead atoms. The van der Waals surface area contributed by atoms with Crippen LogP contribution in [0.5, 0.6) is 0 Å². The van der Waals surface area contributed by atoms with Crippen LogP contribution in [-0.4, -0.2) is 61.2 Å². The lowest BCUT2D eigenvalue weighted by molar-refractivity contribution is -0.127. The number of amides is 2. The topological polar surface area (TPSA) is 85.8 Å². The average molecular weight is 321 g/mol. The lowest BCUT2D eigenvalue weighted by atomic mass is 9.85. The number of nitrogens with one attached hydrogen (secondary N) is 3. The number of nitrogens with zero attached hydrogens (tertiary/aromatic N) is 2. The van der Waals surface area contributed by atoms with Crippen LogP contribution < -0.4 is 16.1 Å². The highest BCUT2D eigenvalue weighted by molar-refractivity contribution is 6.07. The Morgan fingerprint density at radius 1 is 1.26 bits per heavy atom. The van der Waals surface area contributed by atoms with Crippen LogP contribution in [0, 0.1) is 5.92 Å². The summed E-state index contributed by atoms with van der Waals surface area (Å²) in [5, 5.41) is 10.4. The third-order valence-electron chi connectivity index (χ3n) is 5.00. The summed E-state index contributed by atoms with van der Waals surface area (Å²) in [7, 11) is 0. The van der Waals surface area contributed by atoms with Gasteiger partial charge >= 0.3 is 0 Å².